The van der Waals surface area contributed by atoms with Crippen LogP contribution in [0.15, 0.2) is 0 Å². The molecule has 2 N–H and O–H groups in total. The molecule has 0 atom stereocenters. The molecule has 0 saturated carbocycles. The average Bonchev–Trinajstić information content (AvgIpc) is 2.91. The lowest BCUT2D eigenvalue weighted by Crippen LogP contribution is -2.45. The van der Waals surface area contributed by atoms with Gasteiger partial charge in [0.2, 0.25) is 5.91 Å². The van der Waals surface area contributed by atoms with Crippen LogP contribution in [0.3, 0.4) is 0 Å². The standard InChI is InChI=1S/C16H27N3OS.2ClH/c1-4-16(5-2,11-17)15(20)19(3)10-14-18-12-8-6-7-9-13(12)21-14;;/h4-11,17H2,1-3H3;2*1H. The first-order valence-corrected chi connectivity index (χ1v) is 8.81. The Kier molecular flexibility index (Phi) is 9.67. The molecule has 7 heteroatoms. The van der Waals surface area contributed by atoms with Crippen molar-refractivity contribution in [2.45, 2.75) is 58.9 Å². The third-order valence-corrected chi connectivity index (χ3v) is 5.95. The van der Waals surface area contributed by atoms with Crippen LogP contribution >= 0.6 is 36.2 Å². The Balaban J connectivity index is 0.00000242. The Bertz CT molecular complexity index is 472. The Morgan fingerprint density at radius 2 is 1.87 bits per heavy atom. The van der Waals surface area contributed by atoms with E-state index in [-0.39, 0.29) is 30.7 Å². The van der Waals surface area contributed by atoms with E-state index < -0.39 is 5.41 Å². The summed E-state index contributed by atoms with van der Waals surface area (Å²) in [5.74, 6) is 0.156. The first-order chi connectivity index (χ1) is 10.1. The largest absolute Gasteiger partial charge is 0.338 e. The summed E-state index contributed by atoms with van der Waals surface area (Å²) in [6, 6.07) is 0. The summed E-state index contributed by atoms with van der Waals surface area (Å²) >= 11 is 1.78. The van der Waals surface area contributed by atoms with E-state index in [2.05, 4.69) is 0 Å². The van der Waals surface area contributed by atoms with Gasteiger partial charge in [0, 0.05) is 18.5 Å². The number of fused-ring (bicyclic) bond motifs is 1. The van der Waals surface area contributed by atoms with Gasteiger partial charge in [0.25, 0.3) is 0 Å². The van der Waals surface area contributed by atoms with Gasteiger partial charge in [-0.3, -0.25) is 4.79 Å². The van der Waals surface area contributed by atoms with Gasteiger partial charge in [-0.15, -0.1) is 36.2 Å². The number of nitrogens with two attached hydrogens (primary N) is 1. The number of rotatable bonds is 6. The number of carbonyl (C=O) groups is 1. The van der Waals surface area contributed by atoms with Crippen LogP contribution in [0.1, 0.15) is 55.1 Å². The molecule has 1 heterocycles. The van der Waals surface area contributed by atoms with Gasteiger partial charge in [-0.05, 0) is 38.5 Å². The molecule has 0 aliphatic heterocycles. The van der Waals surface area contributed by atoms with Crippen molar-refractivity contribution in [2.24, 2.45) is 11.1 Å². The number of hydrogen-bond donors (Lipinski definition) is 1. The molecule has 1 aliphatic rings. The maximum atomic E-state index is 12.7. The zero-order valence-corrected chi connectivity index (χ0v) is 16.7. The second-order valence-electron chi connectivity index (χ2n) is 6.04. The summed E-state index contributed by atoms with van der Waals surface area (Å²) in [7, 11) is 1.87. The van der Waals surface area contributed by atoms with Crippen molar-refractivity contribution in [3.63, 3.8) is 0 Å². The number of thiazole rings is 1. The van der Waals surface area contributed by atoms with Gasteiger partial charge in [0.1, 0.15) is 5.01 Å². The Hall–Kier alpha value is -0.360. The molecule has 0 aromatic carbocycles. The van der Waals surface area contributed by atoms with E-state index in [9.17, 15) is 4.79 Å². The van der Waals surface area contributed by atoms with Crippen molar-refractivity contribution in [2.75, 3.05) is 13.6 Å². The maximum Gasteiger partial charge on any atom is 0.230 e. The summed E-state index contributed by atoms with van der Waals surface area (Å²) in [6.07, 6.45) is 6.34. The number of aryl methyl sites for hydroxylation is 2. The SMILES string of the molecule is CCC(CC)(CN)C(=O)N(C)Cc1nc2c(s1)CCCC2.Cl.Cl. The van der Waals surface area contributed by atoms with Crippen molar-refractivity contribution in [3.05, 3.63) is 15.6 Å². The van der Waals surface area contributed by atoms with Gasteiger partial charge in [0.05, 0.1) is 17.7 Å². The van der Waals surface area contributed by atoms with Crippen molar-refractivity contribution in [1.29, 1.82) is 0 Å². The van der Waals surface area contributed by atoms with E-state index in [1.807, 2.05) is 25.8 Å². The monoisotopic (exact) mass is 381 g/mol. The first-order valence-electron chi connectivity index (χ1n) is 7.99. The van der Waals surface area contributed by atoms with E-state index in [0.29, 0.717) is 13.1 Å². The van der Waals surface area contributed by atoms with Crippen LogP contribution in [-0.4, -0.2) is 29.4 Å². The molecule has 4 nitrogen and oxygen atoms in total. The number of hydrogen-bond acceptors (Lipinski definition) is 4. The highest BCUT2D eigenvalue weighted by Crippen LogP contribution is 2.30. The highest BCUT2D eigenvalue weighted by atomic mass is 35.5. The van der Waals surface area contributed by atoms with Crippen molar-refractivity contribution < 1.29 is 4.79 Å². The summed E-state index contributed by atoms with van der Waals surface area (Å²) in [4.78, 5) is 20.7. The normalized spacial score (nSPS) is 13.6. The lowest BCUT2D eigenvalue weighted by Gasteiger charge is -2.32. The third kappa shape index (κ3) is 4.81. The zero-order valence-electron chi connectivity index (χ0n) is 14.3. The van der Waals surface area contributed by atoms with Crippen LogP contribution in [0, 0.1) is 5.41 Å². The fourth-order valence-corrected chi connectivity index (χ4v) is 4.29. The van der Waals surface area contributed by atoms with E-state index in [4.69, 9.17) is 10.7 Å². The van der Waals surface area contributed by atoms with E-state index >= 15 is 0 Å². The minimum atomic E-state index is -0.411. The summed E-state index contributed by atoms with van der Waals surface area (Å²) in [5.41, 5.74) is 6.73. The van der Waals surface area contributed by atoms with Gasteiger partial charge in [0.15, 0.2) is 0 Å². The van der Waals surface area contributed by atoms with Crippen molar-refractivity contribution in [1.82, 2.24) is 9.88 Å². The third-order valence-electron chi connectivity index (χ3n) is 4.81. The van der Waals surface area contributed by atoms with Crippen LogP contribution in [0.2, 0.25) is 0 Å². The highest BCUT2D eigenvalue weighted by molar-refractivity contribution is 7.11. The number of amides is 1. The summed E-state index contributed by atoms with van der Waals surface area (Å²) in [6.45, 7) is 5.12. The molecule has 0 saturated heterocycles. The molecule has 2 rings (SSSR count). The molecule has 1 aliphatic carbocycles. The summed E-state index contributed by atoms with van der Waals surface area (Å²) in [5, 5.41) is 1.07. The molecule has 23 heavy (non-hydrogen) atoms. The highest BCUT2D eigenvalue weighted by Gasteiger charge is 2.35. The Morgan fingerprint density at radius 3 is 2.39 bits per heavy atom. The van der Waals surface area contributed by atoms with Crippen molar-refractivity contribution >= 4 is 42.1 Å². The second kappa shape index (κ2) is 9.82. The molecule has 0 unspecified atom stereocenters. The minimum Gasteiger partial charge on any atom is -0.338 e. The molecule has 1 aromatic heterocycles. The molecule has 1 aromatic rings. The molecule has 134 valence electrons. The lowest BCUT2D eigenvalue weighted by molar-refractivity contribution is -0.141. The first kappa shape index (κ1) is 22.6. The number of aromatic nitrogens is 1. The van der Waals surface area contributed by atoms with Crippen LogP contribution in [0.4, 0.5) is 0 Å². The van der Waals surface area contributed by atoms with Gasteiger partial charge in [-0.2, -0.15) is 0 Å². The topological polar surface area (TPSA) is 59.2 Å². The zero-order chi connectivity index (χ0) is 15.5. The van der Waals surface area contributed by atoms with Crippen molar-refractivity contribution in [3.8, 4) is 0 Å². The average molecular weight is 382 g/mol. The number of carbonyl (C=O) groups excluding carboxylic acids is 1. The summed E-state index contributed by atoms with van der Waals surface area (Å²) < 4.78 is 0. The Morgan fingerprint density at radius 1 is 1.26 bits per heavy atom. The molecule has 1 amide bonds. The smallest absolute Gasteiger partial charge is 0.230 e. The van der Waals surface area contributed by atoms with Crippen LogP contribution in [-0.2, 0) is 24.2 Å². The minimum absolute atomic E-state index is 0. The fraction of sp³-hybridized carbons (Fsp3) is 0.750. The Labute approximate surface area is 156 Å². The molecule has 0 spiro atoms. The molecular weight excluding hydrogens is 353 g/mol. The molecule has 0 fully saturated rings. The predicted octanol–water partition coefficient (Wildman–Crippen LogP) is 3.59. The quantitative estimate of drug-likeness (QED) is 0.818. The maximum absolute atomic E-state index is 12.7. The molecule has 0 radical (unpaired) electrons. The van der Waals surface area contributed by atoms with Gasteiger partial charge >= 0.3 is 0 Å². The van der Waals surface area contributed by atoms with E-state index in [1.54, 1.807) is 11.3 Å². The second-order valence-corrected chi connectivity index (χ2v) is 7.21. The molecule has 0 bridgehead atoms. The fourth-order valence-electron chi connectivity index (χ4n) is 3.08. The van der Waals surface area contributed by atoms with Gasteiger partial charge in [-0.25, -0.2) is 4.98 Å². The predicted molar refractivity (Wildman–Crippen MR) is 102 cm³/mol. The van der Waals surface area contributed by atoms with E-state index in [1.165, 1.54) is 23.4 Å². The molecular formula is C16H29Cl2N3OS. The van der Waals surface area contributed by atoms with Crippen LogP contribution in [0.5, 0.6) is 0 Å². The van der Waals surface area contributed by atoms with Crippen LogP contribution < -0.4 is 5.73 Å². The van der Waals surface area contributed by atoms with Gasteiger partial charge in [-0.1, -0.05) is 13.8 Å². The van der Waals surface area contributed by atoms with Gasteiger partial charge < -0.3 is 10.6 Å². The number of nitrogens with zero attached hydrogens (tertiary/aromatic N) is 2. The lowest BCUT2D eigenvalue weighted by atomic mass is 9.81. The number of halogens is 2. The van der Waals surface area contributed by atoms with E-state index in [0.717, 1.165) is 30.7 Å². The van der Waals surface area contributed by atoms with Crippen LogP contribution in [0.25, 0.3) is 0 Å².